The Kier molecular flexibility index (Phi) is 3.66. The van der Waals surface area contributed by atoms with Crippen molar-refractivity contribution >= 4 is 27.9 Å². The molecule has 0 bridgehead atoms. The largest absolute Gasteiger partial charge is 0.306 e. The molecule has 0 aliphatic rings. The Bertz CT molecular complexity index is 1040. The first-order valence-corrected chi connectivity index (χ1v) is 7.94. The Morgan fingerprint density at radius 3 is 2.92 bits per heavy atom. The maximum absolute atomic E-state index is 10.8. The summed E-state index contributed by atoms with van der Waals surface area (Å²) in [5.74, 6) is 0. The quantitative estimate of drug-likeness (QED) is 0.507. The third kappa shape index (κ3) is 2.83. The number of pyridine rings is 2. The van der Waals surface area contributed by atoms with Crippen LogP contribution in [0.15, 0.2) is 53.7 Å². The van der Waals surface area contributed by atoms with Crippen LogP contribution in [-0.4, -0.2) is 35.6 Å². The number of rotatable bonds is 4. The standard InChI is InChI=1S/C16H11BrN6O/c17-13-3-12(4-18-5-13)15-9-23(21-20-15)8-14-7-22-6-11(10-24)1-2-16(22)19-14/h1-7,9-10H,8H2. The molecule has 0 N–H and O–H groups in total. The smallest absolute Gasteiger partial charge is 0.151 e. The van der Waals surface area contributed by atoms with Crippen LogP contribution in [-0.2, 0) is 6.54 Å². The van der Waals surface area contributed by atoms with Crippen LogP contribution in [0.2, 0.25) is 0 Å². The highest BCUT2D eigenvalue weighted by Crippen LogP contribution is 2.19. The summed E-state index contributed by atoms with van der Waals surface area (Å²) >= 11 is 3.40. The van der Waals surface area contributed by atoms with E-state index in [9.17, 15) is 4.79 Å². The molecule has 0 amide bonds. The van der Waals surface area contributed by atoms with Crippen molar-refractivity contribution in [1.29, 1.82) is 0 Å². The molecule has 0 unspecified atom stereocenters. The Morgan fingerprint density at radius 1 is 1.17 bits per heavy atom. The highest BCUT2D eigenvalue weighted by molar-refractivity contribution is 9.10. The van der Waals surface area contributed by atoms with Gasteiger partial charge in [-0.3, -0.25) is 9.78 Å². The van der Waals surface area contributed by atoms with Crippen LogP contribution < -0.4 is 0 Å². The third-order valence-electron chi connectivity index (χ3n) is 3.52. The van der Waals surface area contributed by atoms with Gasteiger partial charge in [0.25, 0.3) is 0 Å². The molecule has 0 radical (unpaired) electrons. The molecule has 118 valence electrons. The van der Waals surface area contributed by atoms with Crippen LogP contribution in [0.3, 0.4) is 0 Å². The molecule has 0 atom stereocenters. The SMILES string of the molecule is O=Cc1ccc2nc(Cn3cc(-c4cncc(Br)c4)nn3)cn2c1. The maximum atomic E-state index is 10.8. The zero-order valence-electron chi connectivity index (χ0n) is 12.4. The van der Waals surface area contributed by atoms with Crippen LogP contribution in [0.4, 0.5) is 0 Å². The molecule has 24 heavy (non-hydrogen) atoms. The molecule has 0 fully saturated rings. The molecule has 0 aliphatic carbocycles. The van der Waals surface area contributed by atoms with Gasteiger partial charge in [0.2, 0.25) is 0 Å². The molecule has 0 saturated carbocycles. The number of hydrogen-bond acceptors (Lipinski definition) is 5. The first kappa shape index (κ1) is 14.7. The van der Waals surface area contributed by atoms with Gasteiger partial charge in [-0.05, 0) is 34.1 Å². The molecular formula is C16H11BrN6O. The van der Waals surface area contributed by atoms with Gasteiger partial charge < -0.3 is 4.40 Å². The summed E-state index contributed by atoms with van der Waals surface area (Å²) < 4.78 is 4.44. The van der Waals surface area contributed by atoms with Crippen LogP contribution in [0.5, 0.6) is 0 Å². The fourth-order valence-corrected chi connectivity index (χ4v) is 2.80. The van der Waals surface area contributed by atoms with Gasteiger partial charge in [-0.25, -0.2) is 9.67 Å². The lowest BCUT2D eigenvalue weighted by Gasteiger charge is -1.96. The lowest BCUT2D eigenvalue weighted by molar-refractivity contribution is 0.112. The van der Waals surface area contributed by atoms with Gasteiger partial charge >= 0.3 is 0 Å². The number of aromatic nitrogens is 6. The van der Waals surface area contributed by atoms with E-state index in [4.69, 9.17) is 0 Å². The second-order valence-electron chi connectivity index (χ2n) is 5.27. The Labute approximate surface area is 145 Å². The van der Waals surface area contributed by atoms with Crippen LogP contribution >= 0.6 is 15.9 Å². The number of imidazole rings is 1. The molecule has 0 aromatic carbocycles. The van der Waals surface area contributed by atoms with E-state index in [1.165, 1.54) is 0 Å². The molecular weight excluding hydrogens is 372 g/mol. The summed E-state index contributed by atoms with van der Waals surface area (Å²) in [6, 6.07) is 5.49. The lowest BCUT2D eigenvalue weighted by atomic mass is 10.2. The molecule has 0 aliphatic heterocycles. The summed E-state index contributed by atoms with van der Waals surface area (Å²) in [7, 11) is 0. The van der Waals surface area contributed by atoms with Gasteiger partial charge in [-0.15, -0.1) is 5.10 Å². The number of nitrogens with zero attached hydrogens (tertiary/aromatic N) is 6. The van der Waals surface area contributed by atoms with Gasteiger partial charge in [0.15, 0.2) is 6.29 Å². The van der Waals surface area contributed by atoms with E-state index in [1.807, 2.05) is 28.9 Å². The van der Waals surface area contributed by atoms with Crippen molar-refractivity contribution in [3.63, 3.8) is 0 Å². The predicted octanol–water partition coefficient (Wildman–Crippen LogP) is 2.61. The van der Waals surface area contributed by atoms with Crippen molar-refractivity contribution in [2.75, 3.05) is 0 Å². The topological polar surface area (TPSA) is 78.0 Å². The fraction of sp³-hybridized carbons (Fsp3) is 0.0625. The number of fused-ring (bicyclic) bond motifs is 1. The predicted molar refractivity (Wildman–Crippen MR) is 90.6 cm³/mol. The zero-order valence-corrected chi connectivity index (χ0v) is 14.0. The normalized spacial score (nSPS) is 11.0. The molecule has 0 saturated heterocycles. The number of carbonyl (C=O) groups is 1. The first-order valence-electron chi connectivity index (χ1n) is 7.15. The summed E-state index contributed by atoms with van der Waals surface area (Å²) in [4.78, 5) is 19.5. The van der Waals surface area contributed by atoms with Crippen molar-refractivity contribution < 1.29 is 4.79 Å². The van der Waals surface area contributed by atoms with E-state index in [2.05, 4.69) is 36.2 Å². The molecule has 4 heterocycles. The van der Waals surface area contributed by atoms with Crippen molar-refractivity contribution in [2.24, 2.45) is 0 Å². The van der Waals surface area contributed by atoms with Gasteiger partial charge in [0, 0.05) is 40.4 Å². The molecule has 4 rings (SSSR count). The maximum Gasteiger partial charge on any atom is 0.151 e. The van der Waals surface area contributed by atoms with Crippen molar-refractivity contribution in [1.82, 2.24) is 29.4 Å². The van der Waals surface area contributed by atoms with Crippen molar-refractivity contribution in [3.05, 3.63) is 64.9 Å². The van der Waals surface area contributed by atoms with E-state index in [0.29, 0.717) is 12.1 Å². The summed E-state index contributed by atoms with van der Waals surface area (Å²) in [5.41, 5.74) is 3.86. The summed E-state index contributed by atoms with van der Waals surface area (Å²) in [5, 5.41) is 8.32. The second kappa shape index (κ2) is 5.97. The third-order valence-corrected chi connectivity index (χ3v) is 3.96. The number of halogens is 1. The summed E-state index contributed by atoms with van der Waals surface area (Å²) in [6.45, 7) is 0.493. The Hall–Kier alpha value is -2.87. The number of aldehydes is 1. The van der Waals surface area contributed by atoms with E-state index in [-0.39, 0.29) is 0 Å². The van der Waals surface area contributed by atoms with E-state index >= 15 is 0 Å². The average Bonchev–Trinajstić information content (AvgIpc) is 3.20. The Balaban J connectivity index is 1.60. The van der Waals surface area contributed by atoms with Crippen LogP contribution in [0, 0.1) is 0 Å². The van der Waals surface area contributed by atoms with Crippen LogP contribution in [0.25, 0.3) is 16.9 Å². The van der Waals surface area contributed by atoms with E-state index < -0.39 is 0 Å². The monoisotopic (exact) mass is 382 g/mol. The minimum Gasteiger partial charge on any atom is -0.306 e. The van der Waals surface area contributed by atoms with Crippen molar-refractivity contribution in [2.45, 2.75) is 6.54 Å². The molecule has 0 spiro atoms. The highest BCUT2D eigenvalue weighted by Gasteiger charge is 2.08. The average molecular weight is 383 g/mol. The Morgan fingerprint density at radius 2 is 2.08 bits per heavy atom. The first-order chi connectivity index (χ1) is 11.7. The molecule has 8 heteroatoms. The second-order valence-corrected chi connectivity index (χ2v) is 6.19. The number of hydrogen-bond donors (Lipinski definition) is 0. The molecule has 4 aromatic rings. The molecule has 7 nitrogen and oxygen atoms in total. The lowest BCUT2D eigenvalue weighted by Crippen LogP contribution is -2.00. The van der Waals surface area contributed by atoms with Gasteiger partial charge in [-0.1, -0.05) is 5.21 Å². The minimum absolute atomic E-state index is 0.493. The minimum atomic E-state index is 0.493. The molecule has 4 aromatic heterocycles. The van der Waals surface area contributed by atoms with Crippen molar-refractivity contribution in [3.8, 4) is 11.3 Å². The van der Waals surface area contributed by atoms with Crippen LogP contribution in [0.1, 0.15) is 16.1 Å². The summed E-state index contributed by atoms with van der Waals surface area (Å²) in [6.07, 6.45) is 9.76. The van der Waals surface area contributed by atoms with Gasteiger partial charge in [-0.2, -0.15) is 0 Å². The van der Waals surface area contributed by atoms with Gasteiger partial charge in [0.05, 0.1) is 18.4 Å². The van der Waals surface area contributed by atoms with Gasteiger partial charge in [0.1, 0.15) is 11.3 Å². The number of carbonyl (C=O) groups excluding carboxylic acids is 1. The van der Waals surface area contributed by atoms with E-state index in [0.717, 1.165) is 33.4 Å². The van der Waals surface area contributed by atoms with E-state index in [1.54, 1.807) is 29.3 Å². The highest BCUT2D eigenvalue weighted by atomic mass is 79.9. The fourth-order valence-electron chi connectivity index (χ4n) is 2.43. The zero-order chi connectivity index (χ0) is 16.5.